The van der Waals surface area contributed by atoms with Crippen LogP contribution in [0.25, 0.3) is 0 Å². The number of hydrogen-bond acceptors (Lipinski definition) is 2. The Bertz CT molecular complexity index is 918. The molecule has 4 fully saturated rings. The van der Waals surface area contributed by atoms with Crippen molar-refractivity contribution in [2.45, 2.75) is 118 Å². The first kappa shape index (κ1) is 27.3. The van der Waals surface area contributed by atoms with Crippen LogP contribution in [-0.4, -0.2) is 12.1 Å². The molecule has 0 saturated heterocycles. The van der Waals surface area contributed by atoms with E-state index in [-0.39, 0.29) is 12.1 Å². The van der Waals surface area contributed by atoms with Crippen molar-refractivity contribution in [3.8, 4) is 0 Å². The number of rotatable bonds is 7. The molecule has 5 rings (SSSR count). The third-order valence-electron chi connectivity index (χ3n) is 12.2. The largest absolute Gasteiger partial charge is 0.459 e. The third kappa shape index (κ3) is 5.42. The van der Waals surface area contributed by atoms with Crippen molar-refractivity contribution < 1.29 is 9.53 Å². The Balaban J connectivity index is 1.20. The van der Waals surface area contributed by atoms with E-state index in [2.05, 4.69) is 41.5 Å². The van der Waals surface area contributed by atoms with Crippen LogP contribution in [0, 0.1) is 58.2 Å². The first-order valence-electron chi connectivity index (χ1n) is 15.8. The summed E-state index contributed by atoms with van der Waals surface area (Å²) in [5.41, 5.74) is 1.77. The lowest BCUT2D eigenvalue weighted by Crippen LogP contribution is -2.49. The van der Waals surface area contributed by atoms with Gasteiger partial charge in [0.05, 0.1) is 5.56 Å². The van der Waals surface area contributed by atoms with Crippen molar-refractivity contribution in [2.75, 3.05) is 0 Å². The summed E-state index contributed by atoms with van der Waals surface area (Å²) in [6.07, 6.45) is 15.4. The molecule has 0 spiro atoms. The van der Waals surface area contributed by atoms with Crippen LogP contribution >= 0.6 is 0 Å². The molecule has 2 nitrogen and oxygen atoms in total. The average molecular weight is 507 g/mol. The predicted octanol–water partition coefficient (Wildman–Crippen LogP) is 9.58. The van der Waals surface area contributed by atoms with Crippen LogP contribution in [0.15, 0.2) is 30.3 Å². The summed E-state index contributed by atoms with van der Waals surface area (Å²) in [4.78, 5) is 12.7. The van der Waals surface area contributed by atoms with E-state index in [1.807, 2.05) is 30.3 Å². The van der Waals surface area contributed by atoms with Crippen LogP contribution < -0.4 is 0 Å². The molecule has 0 heterocycles. The maximum atomic E-state index is 12.7. The Morgan fingerprint density at radius 1 is 0.865 bits per heavy atom. The molecule has 4 aliphatic rings. The molecule has 206 valence electrons. The lowest BCUT2D eigenvalue weighted by atomic mass is 9.48. The second kappa shape index (κ2) is 10.7. The molecular formula is C35H54O2. The smallest absolute Gasteiger partial charge is 0.338 e. The van der Waals surface area contributed by atoms with E-state index < -0.39 is 0 Å². The summed E-state index contributed by atoms with van der Waals surface area (Å²) < 4.78 is 6.04. The fourth-order valence-corrected chi connectivity index (χ4v) is 10.2. The molecule has 2 heteroatoms. The van der Waals surface area contributed by atoms with Gasteiger partial charge in [0.1, 0.15) is 6.10 Å². The van der Waals surface area contributed by atoms with Gasteiger partial charge in [-0.25, -0.2) is 4.79 Å². The summed E-state index contributed by atoms with van der Waals surface area (Å²) in [5, 5.41) is 0. The molecule has 9 atom stereocenters. The van der Waals surface area contributed by atoms with E-state index in [0.717, 1.165) is 41.9 Å². The minimum absolute atomic E-state index is 0.00160. The zero-order valence-electron chi connectivity index (χ0n) is 24.7. The van der Waals surface area contributed by atoms with Gasteiger partial charge >= 0.3 is 5.97 Å². The van der Waals surface area contributed by atoms with E-state index in [4.69, 9.17) is 4.74 Å². The summed E-state index contributed by atoms with van der Waals surface area (Å²) in [6, 6.07) is 9.50. The predicted molar refractivity (Wildman–Crippen MR) is 153 cm³/mol. The topological polar surface area (TPSA) is 26.3 Å². The SMILES string of the molecule is CC(C)C(CC[C@@H](C)[C@H]1CC[C@H]2[C@@H]3CC[C@H]4CC(C)(C)CC[C@@H]4[C@H]3CC[C@]12C)OC(=O)c1ccccc1. The maximum Gasteiger partial charge on any atom is 0.338 e. The third-order valence-corrected chi connectivity index (χ3v) is 12.2. The van der Waals surface area contributed by atoms with Crippen molar-refractivity contribution in [1.29, 1.82) is 0 Å². The van der Waals surface area contributed by atoms with Gasteiger partial charge in [-0.15, -0.1) is 0 Å². The molecule has 1 aromatic rings. The number of carbonyl (C=O) groups is 1. The molecule has 0 aliphatic heterocycles. The molecule has 4 saturated carbocycles. The van der Waals surface area contributed by atoms with Crippen molar-refractivity contribution in [3.63, 3.8) is 0 Å². The summed E-state index contributed by atoms with van der Waals surface area (Å²) >= 11 is 0. The summed E-state index contributed by atoms with van der Waals surface area (Å²) in [5.74, 6) is 6.72. The Morgan fingerprint density at radius 2 is 1.59 bits per heavy atom. The normalized spacial score (nSPS) is 38.2. The van der Waals surface area contributed by atoms with Crippen LogP contribution in [-0.2, 0) is 4.74 Å². The Labute approximate surface area is 227 Å². The quantitative estimate of drug-likeness (QED) is 0.344. The minimum Gasteiger partial charge on any atom is -0.459 e. The number of esters is 1. The highest BCUT2D eigenvalue weighted by atomic mass is 16.5. The Kier molecular flexibility index (Phi) is 7.88. The highest BCUT2D eigenvalue weighted by molar-refractivity contribution is 5.89. The molecule has 1 unspecified atom stereocenters. The van der Waals surface area contributed by atoms with Gasteiger partial charge in [-0.2, -0.15) is 0 Å². The molecule has 0 aromatic heterocycles. The Hall–Kier alpha value is -1.31. The fraction of sp³-hybridized carbons (Fsp3) is 0.800. The van der Waals surface area contributed by atoms with Crippen LogP contribution in [0.1, 0.15) is 123 Å². The maximum absolute atomic E-state index is 12.7. The van der Waals surface area contributed by atoms with E-state index in [1.165, 1.54) is 64.2 Å². The van der Waals surface area contributed by atoms with Crippen LogP contribution in [0.4, 0.5) is 0 Å². The molecule has 0 bridgehead atoms. The molecule has 37 heavy (non-hydrogen) atoms. The number of ether oxygens (including phenoxy) is 1. The first-order valence-corrected chi connectivity index (χ1v) is 15.8. The van der Waals surface area contributed by atoms with E-state index >= 15 is 0 Å². The molecular weight excluding hydrogens is 452 g/mol. The first-order chi connectivity index (χ1) is 17.6. The monoisotopic (exact) mass is 506 g/mol. The highest BCUT2D eigenvalue weighted by Gasteiger charge is 2.57. The average Bonchev–Trinajstić information content (AvgIpc) is 3.23. The molecule has 0 N–H and O–H groups in total. The highest BCUT2D eigenvalue weighted by Crippen LogP contribution is 2.66. The fourth-order valence-electron chi connectivity index (χ4n) is 10.2. The van der Waals surface area contributed by atoms with Gasteiger partial charge in [0, 0.05) is 0 Å². The van der Waals surface area contributed by atoms with Gasteiger partial charge in [0.2, 0.25) is 0 Å². The van der Waals surface area contributed by atoms with E-state index in [1.54, 1.807) is 0 Å². The van der Waals surface area contributed by atoms with Gasteiger partial charge in [-0.05, 0) is 141 Å². The van der Waals surface area contributed by atoms with E-state index in [0.29, 0.717) is 28.2 Å². The van der Waals surface area contributed by atoms with Crippen LogP contribution in [0.3, 0.4) is 0 Å². The van der Waals surface area contributed by atoms with Gasteiger partial charge in [0.15, 0.2) is 0 Å². The lowest BCUT2D eigenvalue weighted by Gasteiger charge is -2.57. The zero-order chi connectivity index (χ0) is 26.4. The standard InChI is InChI=1S/C35H54O2/c1-23(2)32(37-33(36)25-10-8-7-9-11-25)17-12-24(3)30-15-16-31-29-14-13-26-22-34(4,5)20-18-27(26)28(29)19-21-35(30,31)6/h7-11,23-24,26-32H,12-22H2,1-6H3/t24-,26+,27+,28-,29-,30-,31+,32?,35-/m1/s1. The number of fused-ring (bicyclic) bond motifs is 5. The van der Waals surface area contributed by atoms with Crippen LogP contribution in [0.5, 0.6) is 0 Å². The number of hydrogen-bond donors (Lipinski definition) is 0. The van der Waals surface area contributed by atoms with Gasteiger partial charge in [-0.3, -0.25) is 0 Å². The summed E-state index contributed by atoms with van der Waals surface area (Å²) in [6.45, 7) is 14.6. The zero-order valence-corrected chi connectivity index (χ0v) is 24.7. The van der Waals surface area contributed by atoms with Gasteiger partial charge < -0.3 is 4.74 Å². The van der Waals surface area contributed by atoms with Gasteiger partial charge in [0.25, 0.3) is 0 Å². The van der Waals surface area contributed by atoms with Crippen molar-refractivity contribution in [2.24, 2.45) is 58.2 Å². The minimum atomic E-state index is -0.167. The Morgan fingerprint density at radius 3 is 2.32 bits per heavy atom. The number of carbonyl (C=O) groups excluding carboxylic acids is 1. The lowest BCUT2D eigenvalue weighted by molar-refractivity contribution is -0.0816. The molecule has 0 radical (unpaired) electrons. The second-order valence-electron chi connectivity index (χ2n) is 15.2. The summed E-state index contributed by atoms with van der Waals surface area (Å²) in [7, 11) is 0. The van der Waals surface area contributed by atoms with E-state index in [9.17, 15) is 4.79 Å². The molecule has 0 amide bonds. The second-order valence-corrected chi connectivity index (χ2v) is 15.2. The molecule has 1 aromatic carbocycles. The van der Waals surface area contributed by atoms with Crippen molar-refractivity contribution in [1.82, 2.24) is 0 Å². The van der Waals surface area contributed by atoms with Crippen molar-refractivity contribution >= 4 is 5.97 Å². The van der Waals surface area contributed by atoms with Crippen molar-refractivity contribution in [3.05, 3.63) is 35.9 Å². The number of benzene rings is 1. The molecule has 4 aliphatic carbocycles. The van der Waals surface area contributed by atoms with Crippen LogP contribution in [0.2, 0.25) is 0 Å². The van der Waals surface area contributed by atoms with Gasteiger partial charge in [-0.1, -0.05) is 59.7 Å².